The summed E-state index contributed by atoms with van der Waals surface area (Å²) in [4.78, 5) is 2.53. The number of aryl methyl sites for hydroxylation is 1. The maximum atomic E-state index is 13.2. The van der Waals surface area contributed by atoms with Gasteiger partial charge in [-0.25, -0.2) is 8.42 Å². The Balaban J connectivity index is 1.62. The van der Waals surface area contributed by atoms with Crippen molar-refractivity contribution in [3.63, 3.8) is 0 Å². The first-order valence-electron chi connectivity index (χ1n) is 9.39. The molecule has 2 aromatic rings. The molecule has 4 rings (SSSR count). The summed E-state index contributed by atoms with van der Waals surface area (Å²) < 4.78 is 41.3. The van der Waals surface area contributed by atoms with Gasteiger partial charge in [0, 0.05) is 58.5 Å². The Hall–Kier alpha value is -1.94. The molecular formula is C19H26N4O4S. The van der Waals surface area contributed by atoms with Gasteiger partial charge in [0.1, 0.15) is 16.2 Å². The van der Waals surface area contributed by atoms with Crippen LogP contribution in [0.4, 0.5) is 0 Å². The molecule has 0 N–H and O–H groups in total. The molecule has 9 heteroatoms. The van der Waals surface area contributed by atoms with Crippen LogP contribution >= 0.6 is 0 Å². The number of hydrogen-bond donors (Lipinski definition) is 0. The third-order valence-electron chi connectivity index (χ3n) is 5.36. The zero-order chi connectivity index (χ0) is 19.8. The minimum Gasteiger partial charge on any atom is -0.483 e. The molecule has 1 fully saturated rings. The van der Waals surface area contributed by atoms with Gasteiger partial charge in [-0.05, 0) is 12.1 Å². The summed E-state index contributed by atoms with van der Waals surface area (Å²) in [6.45, 7) is 3.24. The summed E-state index contributed by atoms with van der Waals surface area (Å²) in [5.74, 6) is 0.436. The quantitative estimate of drug-likeness (QED) is 0.740. The molecule has 1 spiro atoms. The molecule has 0 amide bonds. The van der Waals surface area contributed by atoms with Crippen molar-refractivity contribution < 1.29 is 17.9 Å². The van der Waals surface area contributed by atoms with Crippen LogP contribution in [0, 0.1) is 0 Å². The average molecular weight is 407 g/mol. The van der Waals surface area contributed by atoms with Crippen LogP contribution in [0.1, 0.15) is 12.0 Å². The molecule has 0 radical (unpaired) electrons. The van der Waals surface area contributed by atoms with Crippen LogP contribution in [-0.2, 0) is 28.4 Å². The van der Waals surface area contributed by atoms with Gasteiger partial charge in [0.2, 0.25) is 10.0 Å². The number of hydrogen-bond acceptors (Lipinski definition) is 6. The lowest BCUT2D eigenvalue weighted by atomic mass is 10.0. The zero-order valence-corrected chi connectivity index (χ0v) is 17.1. The second-order valence-electron chi connectivity index (χ2n) is 7.55. The number of para-hydroxylation sites is 1. The first-order valence-corrected chi connectivity index (χ1v) is 10.8. The molecule has 3 heterocycles. The van der Waals surface area contributed by atoms with Gasteiger partial charge < -0.3 is 9.47 Å². The molecule has 1 aromatic heterocycles. The summed E-state index contributed by atoms with van der Waals surface area (Å²) >= 11 is 0. The highest BCUT2D eigenvalue weighted by molar-refractivity contribution is 7.89. The Labute approximate surface area is 165 Å². The monoisotopic (exact) mass is 406 g/mol. The fourth-order valence-electron chi connectivity index (χ4n) is 4.04. The molecule has 1 atom stereocenters. The van der Waals surface area contributed by atoms with Gasteiger partial charge in [-0.2, -0.15) is 9.40 Å². The summed E-state index contributed by atoms with van der Waals surface area (Å²) in [5.41, 5.74) is 0.563. The van der Waals surface area contributed by atoms with Gasteiger partial charge >= 0.3 is 0 Å². The van der Waals surface area contributed by atoms with Crippen molar-refractivity contribution in [1.29, 1.82) is 0 Å². The SMILES string of the molecule is COCCN1CC2(CCN(Cc3cnn(C)c3)C2)Oc2ccccc2S1(=O)=O. The molecule has 0 bridgehead atoms. The third-order valence-corrected chi connectivity index (χ3v) is 7.25. The van der Waals surface area contributed by atoms with E-state index in [1.807, 2.05) is 25.5 Å². The number of likely N-dealkylation sites (tertiary alicyclic amines) is 1. The van der Waals surface area contributed by atoms with Crippen LogP contribution in [0.5, 0.6) is 5.75 Å². The third kappa shape index (κ3) is 3.67. The van der Waals surface area contributed by atoms with E-state index in [2.05, 4.69) is 10.00 Å². The van der Waals surface area contributed by atoms with Crippen molar-refractivity contribution >= 4 is 10.0 Å². The van der Waals surface area contributed by atoms with E-state index in [0.717, 1.165) is 25.1 Å². The van der Waals surface area contributed by atoms with E-state index >= 15 is 0 Å². The van der Waals surface area contributed by atoms with Crippen molar-refractivity contribution in [2.24, 2.45) is 7.05 Å². The highest BCUT2D eigenvalue weighted by Crippen LogP contribution is 2.38. The Bertz CT molecular complexity index is 945. The van der Waals surface area contributed by atoms with Crippen molar-refractivity contribution in [1.82, 2.24) is 19.0 Å². The number of methoxy groups -OCH3 is 1. The molecular weight excluding hydrogens is 380 g/mol. The maximum absolute atomic E-state index is 13.2. The Morgan fingerprint density at radius 3 is 2.86 bits per heavy atom. The van der Waals surface area contributed by atoms with Crippen LogP contribution in [0.25, 0.3) is 0 Å². The van der Waals surface area contributed by atoms with Crippen molar-refractivity contribution in [2.45, 2.75) is 23.5 Å². The summed E-state index contributed by atoms with van der Waals surface area (Å²) in [5, 5.41) is 4.23. The number of rotatable bonds is 5. The minimum atomic E-state index is -3.63. The van der Waals surface area contributed by atoms with E-state index in [1.165, 1.54) is 4.31 Å². The summed E-state index contributed by atoms with van der Waals surface area (Å²) in [6.07, 6.45) is 4.63. The fourth-order valence-corrected chi connectivity index (χ4v) is 5.65. The van der Waals surface area contributed by atoms with Gasteiger partial charge in [0.05, 0.1) is 19.3 Å². The van der Waals surface area contributed by atoms with Gasteiger partial charge in [-0.15, -0.1) is 0 Å². The Morgan fingerprint density at radius 1 is 1.29 bits per heavy atom. The number of fused-ring (bicyclic) bond motifs is 1. The van der Waals surface area contributed by atoms with Crippen LogP contribution in [0.15, 0.2) is 41.6 Å². The lowest BCUT2D eigenvalue weighted by Crippen LogP contribution is -2.49. The van der Waals surface area contributed by atoms with Crippen LogP contribution in [-0.4, -0.2) is 72.9 Å². The van der Waals surface area contributed by atoms with E-state index in [-0.39, 0.29) is 4.90 Å². The van der Waals surface area contributed by atoms with E-state index in [0.29, 0.717) is 32.0 Å². The second kappa shape index (κ2) is 7.47. The summed E-state index contributed by atoms with van der Waals surface area (Å²) in [6, 6.07) is 6.91. The summed E-state index contributed by atoms with van der Waals surface area (Å²) in [7, 11) is -0.151. The molecule has 1 saturated heterocycles. The Morgan fingerprint density at radius 2 is 2.11 bits per heavy atom. The molecule has 28 heavy (non-hydrogen) atoms. The number of aromatic nitrogens is 2. The lowest BCUT2D eigenvalue weighted by molar-refractivity contribution is 0.0533. The number of nitrogens with zero attached hydrogens (tertiary/aromatic N) is 4. The number of sulfonamides is 1. The molecule has 1 aromatic carbocycles. The van der Waals surface area contributed by atoms with Crippen molar-refractivity contribution in [3.05, 3.63) is 42.2 Å². The maximum Gasteiger partial charge on any atom is 0.246 e. The second-order valence-corrected chi connectivity index (χ2v) is 9.45. The smallest absolute Gasteiger partial charge is 0.246 e. The predicted molar refractivity (Wildman–Crippen MR) is 104 cm³/mol. The molecule has 2 aliphatic rings. The van der Waals surface area contributed by atoms with E-state index in [1.54, 1.807) is 30.0 Å². The molecule has 1 unspecified atom stereocenters. The molecule has 8 nitrogen and oxygen atoms in total. The van der Waals surface area contributed by atoms with Crippen LogP contribution < -0.4 is 4.74 Å². The van der Waals surface area contributed by atoms with Crippen molar-refractivity contribution in [2.75, 3.05) is 39.9 Å². The molecule has 152 valence electrons. The van der Waals surface area contributed by atoms with Crippen LogP contribution in [0.3, 0.4) is 0 Å². The van der Waals surface area contributed by atoms with Gasteiger partial charge in [-0.1, -0.05) is 12.1 Å². The van der Waals surface area contributed by atoms with E-state index < -0.39 is 15.6 Å². The molecule has 2 aliphatic heterocycles. The molecule has 0 aliphatic carbocycles. The normalized spacial score (nSPS) is 24.8. The van der Waals surface area contributed by atoms with E-state index in [9.17, 15) is 8.42 Å². The highest BCUT2D eigenvalue weighted by Gasteiger charge is 2.47. The highest BCUT2D eigenvalue weighted by atomic mass is 32.2. The van der Waals surface area contributed by atoms with Gasteiger partial charge in [0.15, 0.2) is 0 Å². The number of ether oxygens (including phenoxy) is 2. The fraction of sp³-hybridized carbons (Fsp3) is 0.526. The first kappa shape index (κ1) is 19.4. The average Bonchev–Trinajstić information content (AvgIpc) is 3.23. The number of benzene rings is 1. The lowest BCUT2D eigenvalue weighted by Gasteiger charge is -2.32. The topological polar surface area (TPSA) is 76.9 Å². The molecule has 0 saturated carbocycles. The standard InChI is InChI=1S/C19H26N4O4S/c1-21-12-16(11-20-21)13-22-8-7-19(14-22)15-23(9-10-26-2)28(24,25)18-6-4-3-5-17(18)27-19/h3-6,11-12H,7-10,13-15H2,1-2H3. The largest absolute Gasteiger partial charge is 0.483 e. The van der Waals surface area contributed by atoms with Gasteiger partial charge in [-0.3, -0.25) is 9.58 Å². The zero-order valence-electron chi connectivity index (χ0n) is 16.2. The first-order chi connectivity index (χ1) is 13.4. The predicted octanol–water partition coefficient (Wildman–Crippen LogP) is 1.09. The van der Waals surface area contributed by atoms with Crippen molar-refractivity contribution in [3.8, 4) is 5.75 Å². The van der Waals surface area contributed by atoms with Crippen LogP contribution in [0.2, 0.25) is 0 Å². The van der Waals surface area contributed by atoms with E-state index in [4.69, 9.17) is 9.47 Å². The van der Waals surface area contributed by atoms with Gasteiger partial charge in [0.25, 0.3) is 0 Å². The minimum absolute atomic E-state index is 0.230. The Kier molecular flexibility index (Phi) is 5.17.